The third kappa shape index (κ3) is 4.38. The van der Waals surface area contributed by atoms with E-state index in [2.05, 4.69) is 6.07 Å². The number of nitrogens with zero attached hydrogens (tertiary/aromatic N) is 1. The highest BCUT2D eigenvalue weighted by molar-refractivity contribution is 7.90. The van der Waals surface area contributed by atoms with E-state index in [0.29, 0.717) is 26.6 Å². The summed E-state index contributed by atoms with van der Waals surface area (Å²) in [4.78, 5) is 12.3. The molecule has 1 aliphatic rings. The van der Waals surface area contributed by atoms with Crippen LogP contribution in [0, 0.1) is 18.3 Å². The van der Waals surface area contributed by atoms with Gasteiger partial charge in [-0.2, -0.15) is 5.26 Å². The molecule has 1 N–H and O–H groups in total. The summed E-state index contributed by atoms with van der Waals surface area (Å²) in [6.45, 7) is 1.80. The highest BCUT2D eigenvalue weighted by Crippen LogP contribution is 2.44. The SMILES string of the molecule is Cc1cc(-c2ccc(Cl)s2)c(CS(=O)(=O)c2cc(C(=O)O)ccc2C2CC2)cc1C#N. The summed E-state index contributed by atoms with van der Waals surface area (Å²) in [6.07, 6.45) is 1.77. The highest BCUT2D eigenvalue weighted by atomic mass is 35.5. The summed E-state index contributed by atoms with van der Waals surface area (Å²) in [6, 6.07) is 13.4. The number of sulfone groups is 1. The number of aryl methyl sites for hydroxylation is 1. The Morgan fingerprint density at radius 1 is 1.23 bits per heavy atom. The Balaban J connectivity index is 1.85. The summed E-state index contributed by atoms with van der Waals surface area (Å²) >= 11 is 7.43. The molecule has 0 amide bonds. The maximum absolute atomic E-state index is 13.5. The van der Waals surface area contributed by atoms with Crippen LogP contribution in [0.2, 0.25) is 4.34 Å². The van der Waals surface area contributed by atoms with Crippen LogP contribution in [-0.2, 0) is 15.6 Å². The van der Waals surface area contributed by atoms with E-state index in [4.69, 9.17) is 11.6 Å². The van der Waals surface area contributed by atoms with Gasteiger partial charge >= 0.3 is 5.97 Å². The predicted molar refractivity (Wildman–Crippen MR) is 120 cm³/mol. The van der Waals surface area contributed by atoms with Crippen molar-refractivity contribution >= 4 is 38.7 Å². The minimum Gasteiger partial charge on any atom is -0.478 e. The molecule has 0 aliphatic heterocycles. The molecule has 1 aliphatic carbocycles. The average molecular weight is 472 g/mol. The third-order valence-corrected chi connectivity index (χ3v) is 8.35. The Morgan fingerprint density at radius 3 is 2.55 bits per heavy atom. The number of hydrogen-bond donors (Lipinski definition) is 1. The monoisotopic (exact) mass is 471 g/mol. The fourth-order valence-corrected chi connectivity index (χ4v) is 6.43. The molecule has 0 atom stereocenters. The Kier molecular flexibility index (Phi) is 5.65. The average Bonchev–Trinajstić information content (AvgIpc) is 3.49. The lowest BCUT2D eigenvalue weighted by atomic mass is 9.99. The molecule has 158 valence electrons. The number of rotatable bonds is 6. The van der Waals surface area contributed by atoms with Gasteiger partial charge in [0.1, 0.15) is 0 Å². The summed E-state index contributed by atoms with van der Waals surface area (Å²) in [5, 5.41) is 18.8. The van der Waals surface area contributed by atoms with Crippen molar-refractivity contribution in [2.75, 3.05) is 0 Å². The number of carbonyl (C=O) groups is 1. The fourth-order valence-electron chi connectivity index (χ4n) is 3.63. The highest BCUT2D eigenvalue weighted by Gasteiger charge is 2.32. The van der Waals surface area contributed by atoms with Gasteiger partial charge in [0.15, 0.2) is 9.84 Å². The zero-order valence-corrected chi connectivity index (χ0v) is 18.9. The molecule has 1 fully saturated rings. The second kappa shape index (κ2) is 8.12. The van der Waals surface area contributed by atoms with Gasteiger partial charge in [-0.05, 0) is 84.3 Å². The van der Waals surface area contributed by atoms with Crippen molar-refractivity contribution in [1.82, 2.24) is 0 Å². The van der Waals surface area contributed by atoms with Crippen LogP contribution in [0.25, 0.3) is 10.4 Å². The molecule has 0 saturated heterocycles. The molecule has 0 radical (unpaired) electrons. The number of carboxylic acid groups (broad SMARTS) is 1. The van der Waals surface area contributed by atoms with Crippen LogP contribution in [0.15, 0.2) is 47.4 Å². The van der Waals surface area contributed by atoms with E-state index in [1.807, 2.05) is 6.07 Å². The molecular formula is C23H18ClNO4S2. The van der Waals surface area contributed by atoms with Crippen molar-refractivity contribution in [3.63, 3.8) is 0 Å². The lowest BCUT2D eigenvalue weighted by Gasteiger charge is -2.14. The minimum atomic E-state index is -3.87. The van der Waals surface area contributed by atoms with Crippen molar-refractivity contribution in [1.29, 1.82) is 5.26 Å². The molecular weight excluding hydrogens is 454 g/mol. The summed E-state index contributed by atoms with van der Waals surface area (Å²) in [5.41, 5.74) is 2.95. The second-order valence-corrected chi connectivity index (χ2v) is 11.3. The third-order valence-electron chi connectivity index (χ3n) is 5.37. The Labute approximate surface area is 189 Å². The lowest BCUT2D eigenvalue weighted by Crippen LogP contribution is -2.11. The van der Waals surface area contributed by atoms with E-state index in [1.54, 1.807) is 31.2 Å². The predicted octanol–water partition coefficient (Wildman–Crippen LogP) is 5.80. The van der Waals surface area contributed by atoms with Gasteiger partial charge < -0.3 is 5.11 Å². The maximum atomic E-state index is 13.5. The number of halogens is 1. The molecule has 4 rings (SSSR count). The fraction of sp³-hybridized carbons (Fsp3) is 0.217. The van der Waals surface area contributed by atoms with E-state index in [1.165, 1.54) is 23.5 Å². The van der Waals surface area contributed by atoms with Crippen molar-refractivity contribution < 1.29 is 18.3 Å². The van der Waals surface area contributed by atoms with Crippen LogP contribution < -0.4 is 0 Å². The molecule has 3 aromatic rings. The molecule has 31 heavy (non-hydrogen) atoms. The van der Waals surface area contributed by atoms with Crippen LogP contribution >= 0.6 is 22.9 Å². The van der Waals surface area contributed by atoms with Gasteiger partial charge in [0.25, 0.3) is 0 Å². The largest absolute Gasteiger partial charge is 0.478 e. The van der Waals surface area contributed by atoms with E-state index in [9.17, 15) is 23.6 Å². The van der Waals surface area contributed by atoms with E-state index in [0.717, 1.165) is 23.3 Å². The molecule has 5 nitrogen and oxygen atoms in total. The number of benzene rings is 2. The number of aromatic carboxylic acids is 1. The number of thiophene rings is 1. The topological polar surface area (TPSA) is 95.2 Å². The second-order valence-electron chi connectivity index (χ2n) is 7.63. The molecule has 0 bridgehead atoms. The molecule has 1 aromatic heterocycles. The first-order chi connectivity index (χ1) is 14.7. The van der Waals surface area contributed by atoms with E-state index < -0.39 is 15.8 Å². The Hall–Kier alpha value is -2.66. The van der Waals surface area contributed by atoms with Gasteiger partial charge in [-0.3, -0.25) is 0 Å². The van der Waals surface area contributed by atoms with E-state index in [-0.39, 0.29) is 22.1 Å². The number of nitriles is 1. The van der Waals surface area contributed by atoms with Crippen molar-refractivity contribution in [2.45, 2.75) is 36.3 Å². The van der Waals surface area contributed by atoms with Crippen LogP contribution in [0.4, 0.5) is 0 Å². The van der Waals surface area contributed by atoms with Gasteiger partial charge in [-0.25, -0.2) is 13.2 Å². The summed E-state index contributed by atoms with van der Waals surface area (Å²) in [7, 11) is -3.87. The van der Waals surface area contributed by atoms with Gasteiger partial charge in [-0.15, -0.1) is 11.3 Å². The van der Waals surface area contributed by atoms with E-state index >= 15 is 0 Å². The van der Waals surface area contributed by atoms with Crippen molar-refractivity contribution in [2.24, 2.45) is 0 Å². The smallest absolute Gasteiger partial charge is 0.335 e. The first kappa shape index (κ1) is 21.6. The zero-order valence-electron chi connectivity index (χ0n) is 16.6. The van der Waals surface area contributed by atoms with Gasteiger partial charge in [0.05, 0.1) is 32.2 Å². The minimum absolute atomic E-state index is 0.0594. The Morgan fingerprint density at radius 2 is 1.97 bits per heavy atom. The molecule has 1 heterocycles. The molecule has 2 aromatic carbocycles. The first-order valence-corrected chi connectivity index (χ1v) is 12.4. The summed E-state index contributed by atoms with van der Waals surface area (Å²) in [5.74, 6) is -1.37. The molecule has 8 heteroatoms. The van der Waals surface area contributed by atoms with Crippen molar-refractivity contribution in [3.05, 3.63) is 74.6 Å². The van der Waals surface area contributed by atoms with Crippen LogP contribution in [0.5, 0.6) is 0 Å². The van der Waals surface area contributed by atoms with Crippen molar-refractivity contribution in [3.8, 4) is 16.5 Å². The zero-order chi connectivity index (χ0) is 22.3. The maximum Gasteiger partial charge on any atom is 0.335 e. The lowest BCUT2D eigenvalue weighted by molar-refractivity contribution is 0.0696. The standard InChI is InChI=1S/C23H18ClNO4S2/c1-13-8-19(20-6-7-22(24)30-20)17(9-16(13)11-25)12-31(28,29)21-10-15(23(26)27)4-5-18(21)14-2-3-14/h4-10,14H,2-3,12H2,1H3,(H,26,27). The van der Waals surface area contributed by atoms with Gasteiger partial charge in [0.2, 0.25) is 0 Å². The Bertz CT molecular complexity index is 1350. The van der Waals surface area contributed by atoms with Crippen LogP contribution in [-0.4, -0.2) is 19.5 Å². The number of hydrogen-bond acceptors (Lipinski definition) is 5. The van der Waals surface area contributed by atoms with Gasteiger partial charge in [0, 0.05) is 4.88 Å². The molecule has 0 spiro atoms. The molecule has 1 saturated carbocycles. The van der Waals surface area contributed by atoms with Crippen LogP contribution in [0.1, 0.15) is 51.4 Å². The molecule has 0 unspecified atom stereocenters. The quantitative estimate of drug-likeness (QED) is 0.490. The van der Waals surface area contributed by atoms with Gasteiger partial charge in [-0.1, -0.05) is 17.7 Å². The normalized spacial score (nSPS) is 13.7. The van der Waals surface area contributed by atoms with Crippen LogP contribution in [0.3, 0.4) is 0 Å². The summed E-state index contributed by atoms with van der Waals surface area (Å²) < 4.78 is 27.6. The number of carboxylic acids is 1. The first-order valence-electron chi connectivity index (χ1n) is 9.59.